The Morgan fingerprint density at radius 3 is 2.58 bits per heavy atom. The molecule has 0 bridgehead atoms. The van der Waals surface area contributed by atoms with Crippen molar-refractivity contribution in [3.63, 3.8) is 0 Å². The summed E-state index contributed by atoms with van der Waals surface area (Å²) in [4.78, 5) is 16.0. The summed E-state index contributed by atoms with van der Waals surface area (Å²) in [7, 11) is 4.29. The molecule has 0 N–H and O–H groups in total. The number of aromatic nitrogens is 1. The van der Waals surface area contributed by atoms with Crippen LogP contribution in [0.4, 0.5) is 0 Å². The molecule has 0 atom stereocenters. The third-order valence-electron chi connectivity index (χ3n) is 2.72. The van der Waals surface area contributed by atoms with Crippen LogP contribution in [-0.4, -0.2) is 32.3 Å². The molecule has 0 aliphatic rings. The Hall–Kier alpha value is -2.01. The number of methoxy groups -OCH3 is 3. The van der Waals surface area contributed by atoms with Gasteiger partial charge in [-0.3, -0.25) is 4.98 Å². The van der Waals surface area contributed by atoms with E-state index in [1.807, 2.05) is 0 Å². The van der Waals surface area contributed by atoms with Gasteiger partial charge in [0.15, 0.2) is 0 Å². The zero-order valence-corrected chi connectivity index (χ0v) is 11.4. The maximum atomic E-state index is 11.8. The molecule has 0 unspecified atom stereocenters. The highest BCUT2D eigenvalue weighted by molar-refractivity contribution is 6.34. The first-order valence-corrected chi connectivity index (χ1v) is 5.79. The minimum absolute atomic E-state index is 0.324. The smallest absolute Gasteiger partial charge is 0.338 e. The van der Waals surface area contributed by atoms with Crippen LogP contribution in [0.5, 0.6) is 11.5 Å². The van der Waals surface area contributed by atoms with E-state index in [2.05, 4.69) is 4.98 Å². The first kappa shape index (κ1) is 13.4. The van der Waals surface area contributed by atoms with Crippen molar-refractivity contribution < 1.29 is 19.0 Å². The number of benzene rings is 1. The van der Waals surface area contributed by atoms with E-state index in [9.17, 15) is 4.79 Å². The lowest BCUT2D eigenvalue weighted by atomic mass is 10.1. The highest BCUT2D eigenvalue weighted by atomic mass is 35.5. The summed E-state index contributed by atoms with van der Waals surface area (Å²) in [5, 5.41) is 0.811. The lowest BCUT2D eigenvalue weighted by Gasteiger charge is -2.13. The Labute approximate surface area is 115 Å². The van der Waals surface area contributed by atoms with Crippen molar-refractivity contribution >= 4 is 28.5 Å². The lowest BCUT2D eigenvalue weighted by Crippen LogP contribution is -2.04. The number of carbonyl (C=O) groups is 1. The first-order chi connectivity index (χ1) is 9.13. The topological polar surface area (TPSA) is 57.7 Å². The third kappa shape index (κ3) is 2.17. The predicted octanol–water partition coefficient (Wildman–Crippen LogP) is 2.69. The van der Waals surface area contributed by atoms with Gasteiger partial charge in [0.25, 0.3) is 0 Å². The summed E-state index contributed by atoms with van der Waals surface area (Å²) in [5.41, 5.74) is 0.816. The van der Waals surface area contributed by atoms with Crippen molar-refractivity contribution in [3.05, 3.63) is 28.9 Å². The van der Waals surface area contributed by atoms with Crippen molar-refractivity contribution in [3.8, 4) is 11.5 Å². The van der Waals surface area contributed by atoms with Crippen molar-refractivity contribution in [2.75, 3.05) is 21.3 Å². The van der Waals surface area contributed by atoms with Gasteiger partial charge in [-0.25, -0.2) is 4.79 Å². The fraction of sp³-hybridized carbons (Fsp3) is 0.231. The summed E-state index contributed by atoms with van der Waals surface area (Å²) >= 11 is 6.12. The molecule has 19 heavy (non-hydrogen) atoms. The molecule has 0 aliphatic carbocycles. The van der Waals surface area contributed by atoms with Gasteiger partial charge in [0.1, 0.15) is 17.0 Å². The van der Waals surface area contributed by atoms with Gasteiger partial charge in [-0.1, -0.05) is 11.6 Å². The van der Waals surface area contributed by atoms with Crippen molar-refractivity contribution in [2.24, 2.45) is 0 Å². The van der Waals surface area contributed by atoms with Gasteiger partial charge in [0.2, 0.25) is 0 Å². The van der Waals surface area contributed by atoms with E-state index < -0.39 is 5.97 Å². The van der Waals surface area contributed by atoms with Crippen LogP contribution in [-0.2, 0) is 4.74 Å². The molecule has 0 aliphatic heterocycles. The summed E-state index contributed by atoms with van der Waals surface area (Å²) < 4.78 is 15.2. The predicted molar refractivity (Wildman–Crippen MR) is 71.2 cm³/mol. The molecule has 0 fully saturated rings. The quantitative estimate of drug-likeness (QED) is 0.810. The van der Waals surface area contributed by atoms with Gasteiger partial charge in [-0.15, -0.1) is 0 Å². The molecule has 1 aromatic carbocycles. The number of nitrogens with zero attached hydrogens (tertiary/aromatic N) is 1. The van der Waals surface area contributed by atoms with E-state index >= 15 is 0 Å². The van der Waals surface area contributed by atoms with Crippen LogP contribution in [0, 0.1) is 0 Å². The van der Waals surface area contributed by atoms with Crippen molar-refractivity contribution in [1.82, 2.24) is 4.98 Å². The van der Waals surface area contributed by atoms with Crippen LogP contribution in [0.3, 0.4) is 0 Å². The maximum Gasteiger partial charge on any atom is 0.338 e. The number of rotatable bonds is 3. The average Bonchev–Trinajstić information content (AvgIpc) is 2.45. The minimum atomic E-state index is -0.491. The number of halogens is 1. The van der Waals surface area contributed by atoms with Crippen LogP contribution in [0.15, 0.2) is 18.3 Å². The van der Waals surface area contributed by atoms with E-state index in [4.69, 9.17) is 25.8 Å². The summed E-state index contributed by atoms with van der Waals surface area (Å²) in [5.74, 6) is 0.340. The summed E-state index contributed by atoms with van der Waals surface area (Å²) in [6, 6.07) is 3.14. The number of fused-ring (bicyclic) bond motifs is 1. The molecule has 6 heteroatoms. The van der Waals surface area contributed by atoms with Crippen LogP contribution in [0.25, 0.3) is 10.9 Å². The number of hydrogen-bond donors (Lipinski definition) is 0. The second kappa shape index (κ2) is 5.32. The van der Waals surface area contributed by atoms with E-state index in [0.717, 1.165) is 0 Å². The van der Waals surface area contributed by atoms with Crippen molar-refractivity contribution in [2.45, 2.75) is 0 Å². The lowest BCUT2D eigenvalue weighted by molar-refractivity contribution is 0.0602. The Bertz CT molecular complexity index is 642. The highest BCUT2D eigenvalue weighted by Crippen LogP contribution is 2.40. The van der Waals surface area contributed by atoms with E-state index in [1.54, 1.807) is 12.1 Å². The summed E-state index contributed by atoms with van der Waals surface area (Å²) in [6.45, 7) is 0. The second-order valence-electron chi connectivity index (χ2n) is 3.67. The van der Waals surface area contributed by atoms with Crippen LogP contribution in [0.1, 0.15) is 10.4 Å². The van der Waals surface area contributed by atoms with Gasteiger partial charge in [0, 0.05) is 12.3 Å². The molecule has 1 heterocycles. The maximum absolute atomic E-state index is 11.8. The number of carbonyl (C=O) groups excluding carboxylic acids is 1. The normalized spacial score (nSPS) is 10.3. The molecule has 0 saturated heterocycles. The molecule has 2 aromatic rings. The van der Waals surface area contributed by atoms with Gasteiger partial charge >= 0.3 is 5.97 Å². The van der Waals surface area contributed by atoms with E-state index in [0.29, 0.717) is 33.0 Å². The van der Waals surface area contributed by atoms with Gasteiger partial charge in [0.05, 0.1) is 37.3 Å². The molecular formula is C13H12ClNO4. The number of pyridine rings is 1. The number of hydrogen-bond acceptors (Lipinski definition) is 5. The monoisotopic (exact) mass is 281 g/mol. The van der Waals surface area contributed by atoms with E-state index in [-0.39, 0.29) is 0 Å². The Morgan fingerprint density at radius 1 is 1.26 bits per heavy atom. The Morgan fingerprint density at radius 2 is 2.00 bits per heavy atom. The SMILES string of the molecule is COC(=O)c1ccnc2c(OC)cc(Cl)c(OC)c12. The van der Waals surface area contributed by atoms with Gasteiger partial charge in [-0.05, 0) is 6.07 Å². The third-order valence-corrected chi connectivity index (χ3v) is 3.00. The Kier molecular flexibility index (Phi) is 3.76. The van der Waals surface area contributed by atoms with E-state index in [1.165, 1.54) is 27.5 Å². The fourth-order valence-corrected chi connectivity index (χ4v) is 2.15. The fourth-order valence-electron chi connectivity index (χ4n) is 1.88. The first-order valence-electron chi connectivity index (χ1n) is 5.41. The molecule has 0 saturated carbocycles. The Balaban J connectivity index is 2.92. The molecule has 1 aromatic heterocycles. The largest absolute Gasteiger partial charge is 0.494 e. The van der Waals surface area contributed by atoms with Gasteiger partial charge < -0.3 is 14.2 Å². The molecule has 0 amide bonds. The molecule has 5 nitrogen and oxygen atoms in total. The van der Waals surface area contributed by atoms with Crippen LogP contribution < -0.4 is 9.47 Å². The zero-order chi connectivity index (χ0) is 14.0. The molecule has 2 rings (SSSR count). The molecular weight excluding hydrogens is 270 g/mol. The highest BCUT2D eigenvalue weighted by Gasteiger charge is 2.20. The molecule has 100 valence electrons. The zero-order valence-electron chi connectivity index (χ0n) is 10.7. The second-order valence-corrected chi connectivity index (χ2v) is 4.07. The minimum Gasteiger partial charge on any atom is -0.494 e. The number of ether oxygens (including phenoxy) is 3. The van der Waals surface area contributed by atoms with Crippen LogP contribution in [0.2, 0.25) is 5.02 Å². The molecule has 0 radical (unpaired) electrons. The van der Waals surface area contributed by atoms with Gasteiger partial charge in [-0.2, -0.15) is 0 Å². The van der Waals surface area contributed by atoms with Crippen LogP contribution >= 0.6 is 11.6 Å². The standard InChI is InChI=1S/C13H12ClNO4/c1-17-9-6-8(14)12(18-2)10-7(13(16)19-3)4-5-15-11(9)10/h4-6H,1-3H3. The molecule has 0 spiro atoms. The summed E-state index contributed by atoms with van der Waals surface area (Å²) in [6.07, 6.45) is 1.50. The van der Waals surface area contributed by atoms with Crippen molar-refractivity contribution in [1.29, 1.82) is 0 Å². The average molecular weight is 282 g/mol. The number of esters is 1.